The number of rotatable bonds is 6. The van der Waals surface area contributed by atoms with Crippen LogP contribution in [-0.4, -0.2) is 35.7 Å². The Morgan fingerprint density at radius 2 is 1.57 bits per heavy atom. The highest BCUT2D eigenvalue weighted by Crippen LogP contribution is 2.09. The van der Waals surface area contributed by atoms with Gasteiger partial charge in [-0.15, -0.1) is 0 Å². The molecule has 0 fully saturated rings. The zero-order valence-electron chi connectivity index (χ0n) is 12.4. The summed E-state index contributed by atoms with van der Waals surface area (Å²) >= 11 is 0. The molecule has 0 bridgehead atoms. The molecule has 0 unspecified atom stereocenters. The molecule has 6 nitrogen and oxygen atoms in total. The van der Waals surface area contributed by atoms with Crippen LogP contribution in [0.25, 0.3) is 0 Å². The molecule has 0 heterocycles. The van der Waals surface area contributed by atoms with Crippen molar-refractivity contribution in [3.8, 4) is 0 Å². The minimum atomic E-state index is -0.677. The number of nitrogens with one attached hydrogen (secondary N) is 1. The van der Waals surface area contributed by atoms with Gasteiger partial charge in [0.25, 0.3) is 0 Å². The minimum absolute atomic E-state index is 0.345. The van der Waals surface area contributed by atoms with E-state index in [-0.39, 0.29) is 0 Å². The number of primary amides is 1. The van der Waals surface area contributed by atoms with Gasteiger partial charge >= 0.3 is 11.8 Å². The molecule has 0 aliphatic rings. The third-order valence-corrected chi connectivity index (χ3v) is 2.90. The molecule has 0 saturated carbocycles. The summed E-state index contributed by atoms with van der Waals surface area (Å²) in [4.78, 5) is 36.5. The Hall–Kier alpha value is -2.37. The van der Waals surface area contributed by atoms with Crippen molar-refractivity contribution in [1.29, 1.82) is 0 Å². The molecule has 0 aromatic heterocycles. The summed E-state index contributed by atoms with van der Waals surface area (Å²) in [6.45, 7) is 5.02. The summed E-state index contributed by atoms with van der Waals surface area (Å²) < 4.78 is 0. The normalized spacial score (nSPS) is 10.0. The van der Waals surface area contributed by atoms with Crippen molar-refractivity contribution in [3.63, 3.8) is 0 Å². The summed E-state index contributed by atoms with van der Waals surface area (Å²) in [5, 5.41) is 2.52. The minimum Gasteiger partial charge on any atom is -0.366 e. The van der Waals surface area contributed by atoms with E-state index >= 15 is 0 Å². The largest absolute Gasteiger partial charge is 0.366 e. The van der Waals surface area contributed by atoms with Crippen LogP contribution in [0.5, 0.6) is 0 Å². The van der Waals surface area contributed by atoms with Gasteiger partial charge in [0.2, 0.25) is 5.91 Å². The van der Waals surface area contributed by atoms with Gasteiger partial charge in [0, 0.05) is 24.3 Å². The highest BCUT2D eigenvalue weighted by atomic mass is 16.2. The Morgan fingerprint density at radius 1 is 1.05 bits per heavy atom. The molecule has 1 aromatic carbocycles. The van der Waals surface area contributed by atoms with Gasteiger partial charge in [0.1, 0.15) is 0 Å². The Morgan fingerprint density at radius 3 is 2.00 bits per heavy atom. The van der Waals surface area contributed by atoms with E-state index in [4.69, 9.17) is 5.73 Å². The van der Waals surface area contributed by atoms with Crippen molar-refractivity contribution in [3.05, 3.63) is 29.8 Å². The number of carbonyl (C=O) groups excluding carboxylic acids is 3. The highest BCUT2D eigenvalue weighted by molar-refractivity contribution is 6.39. The summed E-state index contributed by atoms with van der Waals surface area (Å²) in [6.07, 6.45) is 1.60. The first-order chi connectivity index (χ1) is 9.99. The summed E-state index contributed by atoms with van der Waals surface area (Å²) in [5.41, 5.74) is 5.93. The monoisotopic (exact) mass is 291 g/mol. The van der Waals surface area contributed by atoms with E-state index in [1.807, 2.05) is 13.8 Å². The summed E-state index contributed by atoms with van der Waals surface area (Å²) in [5.74, 6) is -1.76. The van der Waals surface area contributed by atoms with Gasteiger partial charge in [-0.1, -0.05) is 13.8 Å². The van der Waals surface area contributed by atoms with E-state index in [1.165, 1.54) is 29.2 Å². The Balaban J connectivity index is 2.70. The molecular formula is C15H21N3O3. The topological polar surface area (TPSA) is 92.5 Å². The molecule has 21 heavy (non-hydrogen) atoms. The van der Waals surface area contributed by atoms with Gasteiger partial charge < -0.3 is 16.0 Å². The van der Waals surface area contributed by atoms with Crippen LogP contribution in [0.15, 0.2) is 24.3 Å². The maximum Gasteiger partial charge on any atom is 0.313 e. The van der Waals surface area contributed by atoms with Gasteiger partial charge in [-0.05, 0) is 37.1 Å². The Bertz CT molecular complexity index is 505. The number of nitrogens with zero attached hydrogens (tertiary/aromatic N) is 1. The lowest BCUT2D eigenvalue weighted by molar-refractivity contribution is -0.143. The first-order valence-electron chi connectivity index (χ1n) is 6.99. The fourth-order valence-corrected chi connectivity index (χ4v) is 1.90. The van der Waals surface area contributed by atoms with Gasteiger partial charge in [0.15, 0.2) is 0 Å². The van der Waals surface area contributed by atoms with Crippen LogP contribution in [-0.2, 0) is 9.59 Å². The molecule has 1 aromatic rings. The molecule has 6 heteroatoms. The molecule has 1 rings (SSSR count). The van der Waals surface area contributed by atoms with Gasteiger partial charge in [-0.25, -0.2) is 0 Å². The third kappa shape index (κ3) is 4.91. The molecule has 0 radical (unpaired) electrons. The van der Waals surface area contributed by atoms with E-state index in [1.54, 1.807) is 0 Å². The van der Waals surface area contributed by atoms with Crippen LogP contribution in [0.3, 0.4) is 0 Å². The standard InChI is InChI=1S/C15H21N3O3/c1-3-9-18(10-4-2)15(21)14(20)17-12-7-5-11(6-8-12)13(16)19/h5-8H,3-4,9-10H2,1-2H3,(H2,16,19)(H,17,20). The number of hydrogen-bond acceptors (Lipinski definition) is 3. The zero-order chi connectivity index (χ0) is 15.8. The molecule has 0 spiro atoms. The molecule has 3 N–H and O–H groups in total. The fraction of sp³-hybridized carbons (Fsp3) is 0.400. The molecule has 3 amide bonds. The summed E-state index contributed by atoms with van der Waals surface area (Å²) in [7, 11) is 0. The second-order valence-corrected chi connectivity index (χ2v) is 4.69. The maximum absolute atomic E-state index is 12.0. The lowest BCUT2D eigenvalue weighted by atomic mass is 10.2. The van der Waals surface area contributed by atoms with Crippen LogP contribution < -0.4 is 11.1 Å². The van der Waals surface area contributed by atoms with Crippen LogP contribution >= 0.6 is 0 Å². The van der Waals surface area contributed by atoms with Crippen molar-refractivity contribution in [1.82, 2.24) is 4.90 Å². The smallest absolute Gasteiger partial charge is 0.313 e. The Labute approximate surface area is 124 Å². The number of benzene rings is 1. The van der Waals surface area contributed by atoms with E-state index in [0.717, 1.165) is 12.8 Å². The predicted molar refractivity (Wildman–Crippen MR) is 80.8 cm³/mol. The molecule has 114 valence electrons. The second-order valence-electron chi connectivity index (χ2n) is 4.69. The molecule has 0 aliphatic heterocycles. The van der Waals surface area contributed by atoms with Crippen molar-refractivity contribution in [2.45, 2.75) is 26.7 Å². The van der Waals surface area contributed by atoms with Crippen molar-refractivity contribution in [2.75, 3.05) is 18.4 Å². The zero-order valence-corrected chi connectivity index (χ0v) is 12.4. The average Bonchev–Trinajstić information content (AvgIpc) is 2.46. The Kier molecular flexibility index (Phi) is 6.39. The third-order valence-electron chi connectivity index (χ3n) is 2.90. The number of nitrogens with two attached hydrogens (primary N) is 1. The van der Waals surface area contributed by atoms with Crippen molar-refractivity contribution in [2.24, 2.45) is 5.73 Å². The number of anilines is 1. The van der Waals surface area contributed by atoms with Crippen LogP contribution in [0, 0.1) is 0 Å². The van der Waals surface area contributed by atoms with Crippen molar-refractivity contribution < 1.29 is 14.4 Å². The van der Waals surface area contributed by atoms with E-state index in [2.05, 4.69) is 5.32 Å². The number of carbonyl (C=O) groups is 3. The van der Waals surface area contributed by atoms with Gasteiger partial charge in [0.05, 0.1) is 0 Å². The van der Waals surface area contributed by atoms with Gasteiger partial charge in [-0.3, -0.25) is 14.4 Å². The lowest BCUT2D eigenvalue weighted by Crippen LogP contribution is -2.40. The maximum atomic E-state index is 12.0. The van der Waals surface area contributed by atoms with E-state index < -0.39 is 17.7 Å². The predicted octanol–water partition coefficient (Wildman–Crippen LogP) is 1.37. The van der Waals surface area contributed by atoms with Crippen LogP contribution in [0.4, 0.5) is 5.69 Å². The quantitative estimate of drug-likeness (QED) is 0.775. The van der Waals surface area contributed by atoms with Gasteiger partial charge in [-0.2, -0.15) is 0 Å². The molecular weight excluding hydrogens is 270 g/mol. The van der Waals surface area contributed by atoms with E-state index in [0.29, 0.717) is 24.3 Å². The SMILES string of the molecule is CCCN(CCC)C(=O)C(=O)Nc1ccc(C(N)=O)cc1. The molecule has 0 saturated heterocycles. The second kappa shape index (κ2) is 8.04. The number of amides is 3. The molecule has 0 atom stereocenters. The first kappa shape index (κ1) is 16.7. The fourth-order valence-electron chi connectivity index (χ4n) is 1.90. The van der Waals surface area contributed by atoms with Crippen molar-refractivity contribution >= 4 is 23.4 Å². The van der Waals surface area contributed by atoms with E-state index in [9.17, 15) is 14.4 Å². The highest BCUT2D eigenvalue weighted by Gasteiger charge is 2.20. The summed E-state index contributed by atoms with van der Waals surface area (Å²) in [6, 6.07) is 6.07. The average molecular weight is 291 g/mol. The van der Waals surface area contributed by atoms with Crippen LogP contribution in [0.1, 0.15) is 37.0 Å². The first-order valence-corrected chi connectivity index (χ1v) is 6.99. The van der Waals surface area contributed by atoms with Crippen LogP contribution in [0.2, 0.25) is 0 Å². The number of hydrogen-bond donors (Lipinski definition) is 2. The molecule has 0 aliphatic carbocycles. The lowest BCUT2D eigenvalue weighted by Gasteiger charge is -2.20.